The van der Waals surface area contributed by atoms with Gasteiger partial charge in [-0.25, -0.2) is 0 Å². The van der Waals surface area contributed by atoms with Crippen LogP contribution in [0.5, 0.6) is 0 Å². The van der Waals surface area contributed by atoms with E-state index in [1.165, 1.54) is 50.0 Å². The van der Waals surface area contributed by atoms with E-state index in [2.05, 4.69) is 34.5 Å². The third-order valence-corrected chi connectivity index (χ3v) is 3.89. The average molecular weight is 230 g/mol. The number of anilines is 1. The molecule has 1 aliphatic carbocycles. The van der Waals surface area contributed by atoms with Crippen LogP contribution in [-0.4, -0.2) is 24.5 Å². The van der Waals surface area contributed by atoms with Gasteiger partial charge in [-0.3, -0.25) is 4.90 Å². The van der Waals surface area contributed by atoms with E-state index in [0.29, 0.717) is 0 Å². The Bertz CT molecular complexity index is 365. The summed E-state index contributed by atoms with van der Waals surface area (Å²) in [7, 11) is 0. The maximum Gasteiger partial charge on any atom is 0.0385 e. The molecule has 0 aromatic heterocycles. The Kier molecular flexibility index (Phi) is 3.32. The van der Waals surface area contributed by atoms with Gasteiger partial charge in [0.2, 0.25) is 0 Å². The number of hydrogen-bond acceptors (Lipinski definition) is 2. The second-order valence-corrected chi connectivity index (χ2v) is 5.46. The number of likely N-dealkylation sites (tertiary alicyclic amines) is 1. The van der Waals surface area contributed by atoms with E-state index < -0.39 is 0 Å². The summed E-state index contributed by atoms with van der Waals surface area (Å²) in [6, 6.07) is 8.80. The molecule has 1 saturated carbocycles. The standard InChI is InChI=1S/C15H22N2/c1-2-6-15(16-11-13-7-8-13)14(5-1)12-17-9-3-4-10-17/h1-2,5-6,13,16H,3-4,7-12H2. The first-order chi connectivity index (χ1) is 8.42. The molecule has 2 fully saturated rings. The molecule has 2 heteroatoms. The molecule has 0 unspecified atom stereocenters. The summed E-state index contributed by atoms with van der Waals surface area (Å²) >= 11 is 0. The van der Waals surface area contributed by atoms with Crippen molar-refractivity contribution in [3.8, 4) is 0 Å². The van der Waals surface area contributed by atoms with Crippen LogP contribution >= 0.6 is 0 Å². The molecule has 3 rings (SSSR count). The SMILES string of the molecule is c1ccc(NCC2CC2)c(CN2CCCC2)c1. The Balaban J connectivity index is 1.63. The summed E-state index contributed by atoms with van der Waals surface area (Å²) < 4.78 is 0. The van der Waals surface area contributed by atoms with Gasteiger partial charge in [-0.15, -0.1) is 0 Å². The first-order valence-electron chi connectivity index (χ1n) is 6.96. The summed E-state index contributed by atoms with van der Waals surface area (Å²) in [4.78, 5) is 2.57. The first kappa shape index (κ1) is 11.1. The predicted octanol–water partition coefficient (Wildman–Crippen LogP) is 3.10. The molecule has 1 heterocycles. The molecule has 1 aliphatic heterocycles. The summed E-state index contributed by atoms with van der Waals surface area (Å²) in [5.41, 5.74) is 2.82. The zero-order chi connectivity index (χ0) is 11.5. The van der Waals surface area contributed by atoms with Crippen LogP contribution in [0.25, 0.3) is 0 Å². The monoisotopic (exact) mass is 230 g/mol. The normalized spacial score (nSPS) is 20.7. The lowest BCUT2D eigenvalue weighted by atomic mass is 10.1. The van der Waals surface area contributed by atoms with Crippen molar-refractivity contribution < 1.29 is 0 Å². The van der Waals surface area contributed by atoms with Crippen LogP contribution < -0.4 is 5.32 Å². The van der Waals surface area contributed by atoms with Crippen LogP contribution in [0.1, 0.15) is 31.2 Å². The molecule has 1 N–H and O–H groups in total. The van der Waals surface area contributed by atoms with E-state index in [9.17, 15) is 0 Å². The van der Waals surface area contributed by atoms with E-state index in [0.717, 1.165) is 19.0 Å². The Morgan fingerprint density at radius 3 is 2.65 bits per heavy atom. The molecular weight excluding hydrogens is 208 g/mol. The minimum absolute atomic E-state index is 0.940. The van der Waals surface area contributed by atoms with Crippen molar-refractivity contribution in [3.05, 3.63) is 29.8 Å². The second-order valence-electron chi connectivity index (χ2n) is 5.46. The zero-order valence-electron chi connectivity index (χ0n) is 10.5. The van der Waals surface area contributed by atoms with Crippen molar-refractivity contribution in [1.29, 1.82) is 0 Å². The number of benzene rings is 1. The molecule has 1 aromatic rings. The van der Waals surface area contributed by atoms with E-state index in [-0.39, 0.29) is 0 Å². The van der Waals surface area contributed by atoms with Gasteiger partial charge in [0.05, 0.1) is 0 Å². The smallest absolute Gasteiger partial charge is 0.0385 e. The lowest BCUT2D eigenvalue weighted by Gasteiger charge is -2.18. The highest BCUT2D eigenvalue weighted by Gasteiger charge is 2.21. The van der Waals surface area contributed by atoms with Gasteiger partial charge in [0.1, 0.15) is 0 Å². The lowest BCUT2D eigenvalue weighted by molar-refractivity contribution is 0.332. The predicted molar refractivity (Wildman–Crippen MR) is 72.2 cm³/mol. The van der Waals surface area contributed by atoms with Gasteiger partial charge in [-0.2, -0.15) is 0 Å². The van der Waals surface area contributed by atoms with Gasteiger partial charge < -0.3 is 5.32 Å². The molecule has 1 saturated heterocycles. The highest BCUT2D eigenvalue weighted by Crippen LogP contribution is 2.29. The minimum atomic E-state index is 0.940. The van der Waals surface area contributed by atoms with Crippen LogP contribution in [0, 0.1) is 5.92 Å². The van der Waals surface area contributed by atoms with Crippen LogP contribution in [0.4, 0.5) is 5.69 Å². The Morgan fingerprint density at radius 1 is 1.12 bits per heavy atom. The Morgan fingerprint density at radius 2 is 1.88 bits per heavy atom. The summed E-state index contributed by atoms with van der Waals surface area (Å²) in [6.07, 6.45) is 5.58. The number of hydrogen-bond donors (Lipinski definition) is 1. The van der Waals surface area contributed by atoms with Crippen LogP contribution in [0.3, 0.4) is 0 Å². The van der Waals surface area contributed by atoms with Crippen molar-refractivity contribution in [3.63, 3.8) is 0 Å². The summed E-state index contributed by atoms with van der Waals surface area (Å²) in [5, 5.41) is 3.62. The fraction of sp³-hybridized carbons (Fsp3) is 0.600. The maximum atomic E-state index is 3.62. The summed E-state index contributed by atoms with van der Waals surface area (Å²) in [6.45, 7) is 4.83. The highest BCUT2D eigenvalue weighted by molar-refractivity contribution is 5.51. The van der Waals surface area contributed by atoms with Crippen molar-refractivity contribution in [2.45, 2.75) is 32.2 Å². The fourth-order valence-electron chi connectivity index (χ4n) is 2.59. The molecule has 1 aromatic carbocycles. The molecule has 17 heavy (non-hydrogen) atoms. The molecule has 2 nitrogen and oxygen atoms in total. The van der Waals surface area contributed by atoms with Gasteiger partial charge in [0, 0.05) is 18.8 Å². The van der Waals surface area contributed by atoms with Gasteiger partial charge in [-0.05, 0) is 56.3 Å². The van der Waals surface area contributed by atoms with Crippen LogP contribution in [0.2, 0.25) is 0 Å². The number of nitrogens with zero attached hydrogens (tertiary/aromatic N) is 1. The maximum absolute atomic E-state index is 3.62. The molecular formula is C15H22N2. The van der Waals surface area contributed by atoms with Gasteiger partial charge in [-0.1, -0.05) is 18.2 Å². The Hall–Kier alpha value is -1.02. The molecule has 0 radical (unpaired) electrons. The summed E-state index contributed by atoms with van der Waals surface area (Å²) in [5.74, 6) is 0.940. The topological polar surface area (TPSA) is 15.3 Å². The zero-order valence-corrected chi connectivity index (χ0v) is 10.5. The van der Waals surface area contributed by atoms with E-state index in [4.69, 9.17) is 0 Å². The van der Waals surface area contributed by atoms with Crippen molar-refractivity contribution >= 4 is 5.69 Å². The molecule has 0 atom stereocenters. The highest BCUT2D eigenvalue weighted by atomic mass is 15.1. The number of nitrogens with one attached hydrogen (secondary N) is 1. The Labute approximate surface area is 104 Å². The van der Waals surface area contributed by atoms with Crippen LogP contribution in [0.15, 0.2) is 24.3 Å². The number of para-hydroxylation sites is 1. The van der Waals surface area contributed by atoms with E-state index in [1.807, 2.05) is 0 Å². The van der Waals surface area contributed by atoms with E-state index in [1.54, 1.807) is 0 Å². The van der Waals surface area contributed by atoms with Crippen molar-refractivity contribution in [2.75, 3.05) is 25.0 Å². The molecule has 0 spiro atoms. The lowest BCUT2D eigenvalue weighted by Crippen LogP contribution is -2.19. The minimum Gasteiger partial charge on any atom is -0.385 e. The van der Waals surface area contributed by atoms with Crippen molar-refractivity contribution in [2.24, 2.45) is 5.92 Å². The third kappa shape index (κ3) is 3.01. The third-order valence-electron chi connectivity index (χ3n) is 3.89. The van der Waals surface area contributed by atoms with E-state index >= 15 is 0 Å². The quantitative estimate of drug-likeness (QED) is 0.836. The van der Waals surface area contributed by atoms with Crippen LogP contribution in [-0.2, 0) is 6.54 Å². The van der Waals surface area contributed by atoms with Gasteiger partial charge >= 0.3 is 0 Å². The molecule has 0 amide bonds. The molecule has 2 aliphatic rings. The van der Waals surface area contributed by atoms with Gasteiger partial charge in [0.15, 0.2) is 0 Å². The van der Waals surface area contributed by atoms with Crippen molar-refractivity contribution in [1.82, 2.24) is 4.90 Å². The largest absolute Gasteiger partial charge is 0.385 e. The molecule has 0 bridgehead atoms. The average Bonchev–Trinajstić information content (AvgIpc) is 3.05. The first-order valence-corrected chi connectivity index (χ1v) is 6.96. The fourth-order valence-corrected chi connectivity index (χ4v) is 2.59. The van der Waals surface area contributed by atoms with Gasteiger partial charge in [0.25, 0.3) is 0 Å². The molecule has 92 valence electrons. The second kappa shape index (κ2) is 5.09. The number of rotatable bonds is 5.